The third kappa shape index (κ3) is 5.22. The summed E-state index contributed by atoms with van der Waals surface area (Å²) in [5, 5.41) is 9.15. The number of nitrogens with zero attached hydrogens (tertiary/aromatic N) is 2. The minimum Gasteiger partial charge on any atom is -0.453 e. The van der Waals surface area contributed by atoms with Gasteiger partial charge in [0.2, 0.25) is 0 Å². The maximum atomic E-state index is 13.2. The van der Waals surface area contributed by atoms with Crippen LogP contribution in [0.25, 0.3) is 6.08 Å². The largest absolute Gasteiger partial charge is 0.453 e. The summed E-state index contributed by atoms with van der Waals surface area (Å²) >= 11 is 0. The number of anilines is 1. The molecule has 0 aromatic heterocycles. The molecule has 7 heteroatoms. The van der Waals surface area contributed by atoms with E-state index in [-0.39, 0.29) is 11.1 Å². The molecule has 0 aliphatic carbocycles. The summed E-state index contributed by atoms with van der Waals surface area (Å²) in [5.41, 5.74) is 1.14. The van der Waals surface area contributed by atoms with Crippen LogP contribution in [-0.4, -0.2) is 32.5 Å². The number of ketones is 1. The number of hydrogen-bond donors (Lipinski definition) is 0. The molecule has 0 radical (unpaired) electrons. The Balaban J connectivity index is 2.05. The van der Waals surface area contributed by atoms with Crippen molar-refractivity contribution in [3.8, 4) is 6.07 Å². The molecule has 0 aliphatic heterocycles. The fourth-order valence-electron chi connectivity index (χ4n) is 2.13. The summed E-state index contributed by atoms with van der Waals surface area (Å²) < 4.78 is 30.8. The van der Waals surface area contributed by atoms with Crippen LogP contribution in [-0.2, 0) is 9.53 Å². The van der Waals surface area contributed by atoms with Crippen molar-refractivity contribution in [1.82, 2.24) is 0 Å². The van der Waals surface area contributed by atoms with Crippen molar-refractivity contribution >= 4 is 23.5 Å². The topological polar surface area (TPSA) is 70.4 Å². The maximum absolute atomic E-state index is 13.2. The molecule has 2 aromatic carbocycles. The zero-order valence-electron chi connectivity index (χ0n) is 14.7. The van der Waals surface area contributed by atoms with Gasteiger partial charge in [0.1, 0.15) is 11.6 Å². The Kier molecular flexibility index (Phi) is 6.39. The molecule has 0 amide bonds. The molecular weight excluding hydrogens is 354 g/mol. The van der Waals surface area contributed by atoms with E-state index in [4.69, 9.17) is 10.00 Å². The fourth-order valence-corrected chi connectivity index (χ4v) is 2.13. The SMILES string of the molecule is CN(C)c1ccc(/C=C(\C#N)C(=O)OCC(=O)c2ccc(F)c(F)c2)cc1. The Labute approximate surface area is 155 Å². The Morgan fingerprint density at radius 1 is 1.11 bits per heavy atom. The molecule has 0 N–H and O–H groups in total. The maximum Gasteiger partial charge on any atom is 0.349 e. The quantitative estimate of drug-likeness (QED) is 0.337. The number of esters is 1. The lowest BCUT2D eigenvalue weighted by molar-refractivity contribution is -0.137. The standard InChI is InChI=1S/C20H16F2N2O3/c1-24(2)16-6-3-13(4-7-16)9-15(11-23)20(26)27-12-19(25)14-5-8-17(21)18(22)10-14/h3-10H,12H2,1-2H3/b15-9+. The van der Waals surface area contributed by atoms with Crippen LogP contribution in [0.3, 0.4) is 0 Å². The predicted molar refractivity (Wildman–Crippen MR) is 96.0 cm³/mol. The van der Waals surface area contributed by atoms with Gasteiger partial charge in [0.25, 0.3) is 0 Å². The monoisotopic (exact) mass is 370 g/mol. The first-order valence-electron chi connectivity index (χ1n) is 7.86. The van der Waals surface area contributed by atoms with Crippen LogP contribution >= 0.6 is 0 Å². The van der Waals surface area contributed by atoms with E-state index in [1.165, 1.54) is 6.08 Å². The van der Waals surface area contributed by atoms with E-state index in [1.54, 1.807) is 18.2 Å². The third-order valence-electron chi connectivity index (χ3n) is 3.64. The van der Waals surface area contributed by atoms with Gasteiger partial charge < -0.3 is 9.64 Å². The molecule has 0 saturated heterocycles. The van der Waals surface area contributed by atoms with E-state index in [9.17, 15) is 18.4 Å². The van der Waals surface area contributed by atoms with Crippen molar-refractivity contribution in [3.63, 3.8) is 0 Å². The van der Waals surface area contributed by atoms with E-state index in [0.29, 0.717) is 5.56 Å². The first kappa shape index (κ1) is 19.8. The van der Waals surface area contributed by atoms with E-state index < -0.39 is 30.0 Å². The molecule has 0 atom stereocenters. The van der Waals surface area contributed by atoms with E-state index in [1.807, 2.05) is 31.1 Å². The number of ether oxygens (including phenoxy) is 1. The molecule has 5 nitrogen and oxygen atoms in total. The molecular formula is C20H16F2N2O3. The van der Waals surface area contributed by atoms with Crippen LogP contribution < -0.4 is 4.90 Å². The lowest BCUT2D eigenvalue weighted by Crippen LogP contribution is -2.15. The number of nitriles is 1. The molecule has 138 valence electrons. The van der Waals surface area contributed by atoms with Gasteiger partial charge >= 0.3 is 5.97 Å². The molecule has 2 aromatic rings. The number of hydrogen-bond acceptors (Lipinski definition) is 5. The average Bonchev–Trinajstić information content (AvgIpc) is 2.66. The zero-order chi connectivity index (χ0) is 20.0. The average molecular weight is 370 g/mol. The highest BCUT2D eigenvalue weighted by molar-refractivity contribution is 6.01. The second kappa shape index (κ2) is 8.72. The van der Waals surface area contributed by atoms with Gasteiger partial charge in [-0.2, -0.15) is 5.26 Å². The van der Waals surface area contributed by atoms with Gasteiger partial charge in [-0.25, -0.2) is 13.6 Å². The summed E-state index contributed by atoms with van der Waals surface area (Å²) in [6, 6.07) is 11.4. The molecule has 0 bridgehead atoms. The Morgan fingerprint density at radius 2 is 1.78 bits per heavy atom. The summed E-state index contributed by atoms with van der Waals surface area (Å²) in [6.45, 7) is -0.692. The van der Waals surface area contributed by atoms with Crippen molar-refractivity contribution in [2.45, 2.75) is 0 Å². The lowest BCUT2D eigenvalue weighted by Gasteiger charge is -2.11. The second-order valence-corrected chi connectivity index (χ2v) is 5.78. The molecule has 0 aliphatic rings. The number of benzene rings is 2. The van der Waals surface area contributed by atoms with Gasteiger partial charge in [0, 0.05) is 25.3 Å². The third-order valence-corrected chi connectivity index (χ3v) is 3.64. The predicted octanol–water partition coefficient (Wildman–Crippen LogP) is 3.36. The van der Waals surface area contributed by atoms with Gasteiger partial charge in [0.15, 0.2) is 24.0 Å². The number of halogens is 2. The van der Waals surface area contributed by atoms with Gasteiger partial charge in [-0.3, -0.25) is 4.79 Å². The summed E-state index contributed by atoms with van der Waals surface area (Å²) in [5.74, 6) is -3.95. The van der Waals surface area contributed by atoms with Crippen molar-refractivity contribution in [3.05, 3.63) is 70.8 Å². The van der Waals surface area contributed by atoms with Gasteiger partial charge in [0.05, 0.1) is 0 Å². The summed E-state index contributed by atoms with van der Waals surface area (Å²) in [7, 11) is 3.76. The summed E-state index contributed by atoms with van der Waals surface area (Å²) in [6.07, 6.45) is 1.34. The number of rotatable bonds is 6. The van der Waals surface area contributed by atoms with Gasteiger partial charge in [-0.1, -0.05) is 12.1 Å². The molecule has 0 unspecified atom stereocenters. The minimum absolute atomic E-state index is 0.136. The second-order valence-electron chi connectivity index (χ2n) is 5.78. The van der Waals surface area contributed by atoms with Crippen molar-refractivity contribution in [2.24, 2.45) is 0 Å². The van der Waals surface area contributed by atoms with Crippen LogP contribution in [0.15, 0.2) is 48.0 Å². The Bertz CT molecular complexity index is 929. The highest BCUT2D eigenvalue weighted by Gasteiger charge is 2.15. The highest BCUT2D eigenvalue weighted by Crippen LogP contribution is 2.15. The molecule has 0 fully saturated rings. The van der Waals surface area contributed by atoms with Crippen LogP contribution in [0.5, 0.6) is 0 Å². The number of carbonyl (C=O) groups is 2. The Morgan fingerprint density at radius 3 is 2.33 bits per heavy atom. The molecule has 0 heterocycles. The molecule has 0 spiro atoms. The van der Waals surface area contributed by atoms with Gasteiger partial charge in [-0.05, 0) is 42.0 Å². The molecule has 27 heavy (non-hydrogen) atoms. The number of Topliss-reactive ketones (excluding diaryl/α,β-unsaturated/α-hetero) is 1. The van der Waals surface area contributed by atoms with Crippen LogP contribution in [0.4, 0.5) is 14.5 Å². The van der Waals surface area contributed by atoms with Crippen molar-refractivity contribution in [1.29, 1.82) is 5.26 Å². The minimum atomic E-state index is -1.18. The van der Waals surface area contributed by atoms with Gasteiger partial charge in [-0.15, -0.1) is 0 Å². The van der Waals surface area contributed by atoms with E-state index in [0.717, 1.165) is 23.9 Å². The first-order valence-corrected chi connectivity index (χ1v) is 7.86. The van der Waals surface area contributed by atoms with Crippen LogP contribution in [0.2, 0.25) is 0 Å². The van der Waals surface area contributed by atoms with Crippen molar-refractivity contribution in [2.75, 3.05) is 25.6 Å². The zero-order valence-corrected chi connectivity index (χ0v) is 14.7. The smallest absolute Gasteiger partial charge is 0.349 e. The first-order chi connectivity index (χ1) is 12.8. The van der Waals surface area contributed by atoms with E-state index >= 15 is 0 Å². The highest BCUT2D eigenvalue weighted by atomic mass is 19.2. The normalized spacial score (nSPS) is 10.9. The van der Waals surface area contributed by atoms with Crippen LogP contribution in [0.1, 0.15) is 15.9 Å². The number of carbonyl (C=O) groups excluding carboxylic acids is 2. The van der Waals surface area contributed by atoms with Crippen molar-refractivity contribution < 1.29 is 23.1 Å². The van der Waals surface area contributed by atoms with E-state index in [2.05, 4.69) is 0 Å². The summed E-state index contributed by atoms with van der Waals surface area (Å²) in [4.78, 5) is 25.8. The lowest BCUT2D eigenvalue weighted by atomic mass is 10.1. The fraction of sp³-hybridized carbons (Fsp3) is 0.150. The molecule has 0 saturated carbocycles. The Hall–Kier alpha value is -3.53. The van der Waals surface area contributed by atoms with Crippen LogP contribution in [0, 0.1) is 23.0 Å². The molecule has 2 rings (SSSR count).